The number of primary amides is 1. The molecule has 6 heteroatoms. The van der Waals surface area contributed by atoms with E-state index >= 15 is 0 Å². The molecule has 0 saturated heterocycles. The third-order valence-corrected chi connectivity index (χ3v) is 2.61. The molecule has 0 fully saturated rings. The summed E-state index contributed by atoms with van der Waals surface area (Å²) in [6.07, 6.45) is 0. The van der Waals surface area contributed by atoms with Gasteiger partial charge in [0.1, 0.15) is 5.82 Å². The van der Waals surface area contributed by atoms with Crippen LogP contribution in [-0.2, 0) is 0 Å². The van der Waals surface area contributed by atoms with Gasteiger partial charge < -0.3 is 5.73 Å². The number of benzene rings is 2. The fourth-order valence-corrected chi connectivity index (χ4v) is 1.74. The fourth-order valence-electron chi connectivity index (χ4n) is 1.74. The van der Waals surface area contributed by atoms with Crippen LogP contribution in [0.4, 0.5) is 10.1 Å². The standard InChI is InChI=1S/C13H9FN2O3/c14-10-3-1-2-8(6-10)11-5-4-9(13(15)17)7-12(11)16(18)19/h1-7H,(H2,15,17). The van der Waals surface area contributed by atoms with E-state index < -0.39 is 16.6 Å². The van der Waals surface area contributed by atoms with Crippen LogP contribution in [0.3, 0.4) is 0 Å². The summed E-state index contributed by atoms with van der Waals surface area (Å²) in [4.78, 5) is 21.4. The second-order valence-electron chi connectivity index (χ2n) is 3.86. The van der Waals surface area contributed by atoms with Gasteiger partial charge in [-0.15, -0.1) is 0 Å². The number of amides is 1. The molecule has 0 aromatic heterocycles. The van der Waals surface area contributed by atoms with Crippen LogP contribution < -0.4 is 5.73 Å². The highest BCUT2D eigenvalue weighted by Gasteiger charge is 2.18. The zero-order chi connectivity index (χ0) is 14.0. The molecule has 0 heterocycles. The van der Waals surface area contributed by atoms with E-state index in [1.54, 1.807) is 6.07 Å². The SMILES string of the molecule is NC(=O)c1ccc(-c2cccc(F)c2)c([N+](=O)[O-])c1. The number of nitro benzene ring substituents is 1. The molecule has 2 aromatic rings. The summed E-state index contributed by atoms with van der Waals surface area (Å²) in [6.45, 7) is 0. The summed E-state index contributed by atoms with van der Waals surface area (Å²) < 4.78 is 13.1. The Morgan fingerprint density at radius 2 is 1.95 bits per heavy atom. The molecule has 96 valence electrons. The Labute approximate surface area is 107 Å². The average molecular weight is 260 g/mol. The van der Waals surface area contributed by atoms with E-state index in [9.17, 15) is 19.3 Å². The zero-order valence-corrected chi connectivity index (χ0v) is 9.67. The van der Waals surface area contributed by atoms with Gasteiger partial charge in [-0.25, -0.2) is 4.39 Å². The van der Waals surface area contributed by atoms with Crippen molar-refractivity contribution in [3.8, 4) is 11.1 Å². The third-order valence-electron chi connectivity index (χ3n) is 2.61. The van der Waals surface area contributed by atoms with Crippen molar-refractivity contribution in [1.82, 2.24) is 0 Å². The number of hydrogen-bond donors (Lipinski definition) is 1. The molecule has 0 atom stereocenters. The van der Waals surface area contributed by atoms with E-state index in [4.69, 9.17) is 5.73 Å². The summed E-state index contributed by atoms with van der Waals surface area (Å²) in [5.74, 6) is -1.25. The topological polar surface area (TPSA) is 86.2 Å². The van der Waals surface area contributed by atoms with Crippen LogP contribution in [0.25, 0.3) is 11.1 Å². The minimum atomic E-state index is -0.756. The smallest absolute Gasteiger partial charge is 0.277 e. The summed E-state index contributed by atoms with van der Waals surface area (Å²) in [5.41, 5.74) is 5.41. The number of nitrogens with zero attached hydrogens (tertiary/aromatic N) is 1. The second kappa shape index (κ2) is 4.85. The highest BCUT2D eigenvalue weighted by Crippen LogP contribution is 2.30. The van der Waals surface area contributed by atoms with Crippen molar-refractivity contribution in [2.24, 2.45) is 5.73 Å². The van der Waals surface area contributed by atoms with Gasteiger partial charge in [0, 0.05) is 11.6 Å². The van der Waals surface area contributed by atoms with Crippen molar-refractivity contribution in [3.05, 3.63) is 64.0 Å². The van der Waals surface area contributed by atoms with Crippen LogP contribution in [-0.4, -0.2) is 10.8 Å². The summed E-state index contributed by atoms with van der Waals surface area (Å²) in [7, 11) is 0. The molecule has 0 saturated carbocycles. The predicted molar refractivity (Wildman–Crippen MR) is 67.0 cm³/mol. The molecule has 0 spiro atoms. The largest absolute Gasteiger partial charge is 0.366 e. The number of carbonyl (C=O) groups is 1. The van der Waals surface area contributed by atoms with Gasteiger partial charge in [-0.3, -0.25) is 14.9 Å². The summed E-state index contributed by atoms with van der Waals surface area (Å²) in [6, 6.07) is 9.27. The molecule has 0 unspecified atom stereocenters. The minimum absolute atomic E-state index is 0.0341. The maximum Gasteiger partial charge on any atom is 0.277 e. The van der Waals surface area contributed by atoms with Gasteiger partial charge in [-0.05, 0) is 29.8 Å². The normalized spacial score (nSPS) is 10.2. The van der Waals surface area contributed by atoms with Crippen molar-refractivity contribution >= 4 is 11.6 Å². The van der Waals surface area contributed by atoms with Gasteiger partial charge in [0.05, 0.1) is 10.5 Å². The van der Waals surface area contributed by atoms with E-state index in [2.05, 4.69) is 0 Å². The lowest BCUT2D eigenvalue weighted by atomic mass is 10.0. The van der Waals surface area contributed by atoms with Crippen LogP contribution in [0.1, 0.15) is 10.4 Å². The molecule has 0 aliphatic rings. The van der Waals surface area contributed by atoms with Crippen molar-refractivity contribution < 1.29 is 14.1 Å². The van der Waals surface area contributed by atoms with Gasteiger partial charge in [0.2, 0.25) is 5.91 Å². The Balaban J connectivity index is 2.63. The van der Waals surface area contributed by atoms with E-state index in [-0.39, 0.29) is 16.8 Å². The van der Waals surface area contributed by atoms with Crippen LogP contribution in [0.2, 0.25) is 0 Å². The number of hydrogen-bond acceptors (Lipinski definition) is 3. The fraction of sp³-hybridized carbons (Fsp3) is 0. The van der Waals surface area contributed by atoms with Gasteiger partial charge in [-0.1, -0.05) is 12.1 Å². The number of carbonyl (C=O) groups excluding carboxylic acids is 1. The Bertz CT molecular complexity index is 671. The van der Waals surface area contributed by atoms with Crippen LogP contribution in [0.5, 0.6) is 0 Å². The monoisotopic (exact) mass is 260 g/mol. The van der Waals surface area contributed by atoms with E-state index in [1.807, 2.05) is 0 Å². The highest BCUT2D eigenvalue weighted by atomic mass is 19.1. The lowest BCUT2D eigenvalue weighted by molar-refractivity contribution is -0.384. The summed E-state index contributed by atoms with van der Waals surface area (Å²) >= 11 is 0. The van der Waals surface area contributed by atoms with Crippen molar-refractivity contribution in [3.63, 3.8) is 0 Å². The van der Waals surface area contributed by atoms with Gasteiger partial charge >= 0.3 is 0 Å². The molecule has 1 amide bonds. The lowest BCUT2D eigenvalue weighted by Gasteiger charge is -2.05. The number of halogens is 1. The third kappa shape index (κ3) is 2.57. The number of nitrogens with two attached hydrogens (primary N) is 1. The highest BCUT2D eigenvalue weighted by molar-refractivity contribution is 5.94. The first-order chi connectivity index (χ1) is 8.99. The van der Waals surface area contributed by atoms with Gasteiger partial charge in [0.25, 0.3) is 5.69 Å². The number of nitro groups is 1. The predicted octanol–water partition coefficient (Wildman–Crippen LogP) is 2.50. The van der Waals surface area contributed by atoms with Crippen molar-refractivity contribution in [1.29, 1.82) is 0 Å². The average Bonchev–Trinajstić information content (AvgIpc) is 2.37. The Morgan fingerprint density at radius 1 is 1.21 bits per heavy atom. The quantitative estimate of drug-likeness (QED) is 0.679. The van der Waals surface area contributed by atoms with Crippen LogP contribution in [0.15, 0.2) is 42.5 Å². The Morgan fingerprint density at radius 3 is 2.53 bits per heavy atom. The first-order valence-corrected chi connectivity index (χ1v) is 5.33. The first-order valence-electron chi connectivity index (χ1n) is 5.33. The summed E-state index contributed by atoms with van der Waals surface area (Å²) in [5, 5.41) is 11.0. The zero-order valence-electron chi connectivity index (χ0n) is 9.67. The van der Waals surface area contributed by atoms with Gasteiger partial charge in [0.15, 0.2) is 0 Å². The molecule has 0 radical (unpaired) electrons. The molecule has 0 aliphatic carbocycles. The van der Waals surface area contributed by atoms with E-state index in [1.165, 1.54) is 30.3 Å². The maximum atomic E-state index is 13.1. The first kappa shape index (κ1) is 12.7. The Hall–Kier alpha value is -2.76. The molecule has 19 heavy (non-hydrogen) atoms. The molecule has 2 rings (SSSR count). The van der Waals surface area contributed by atoms with Crippen LogP contribution >= 0.6 is 0 Å². The molecule has 2 N–H and O–H groups in total. The van der Waals surface area contributed by atoms with Crippen molar-refractivity contribution in [2.45, 2.75) is 0 Å². The molecule has 0 aliphatic heterocycles. The number of rotatable bonds is 3. The molecule has 0 bridgehead atoms. The van der Waals surface area contributed by atoms with Gasteiger partial charge in [-0.2, -0.15) is 0 Å². The maximum absolute atomic E-state index is 13.1. The molecule has 5 nitrogen and oxygen atoms in total. The minimum Gasteiger partial charge on any atom is -0.366 e. The van der Waals surface area contributed by atoms with E-state index in [0.717, 1.165) is 6.07 Å². The lowest BCUT2D eigenvalue weighted by Crippen LogP contribution is -2.11. The Kier molecular flexibility index (Phi) is 3.24. The molecular weight excluding hydrogens is 251 g/mol. The van der Waals surface area contributed by atoms with Crippen molar-refractivity contribution in [2.75, 3.05) is 0 Å². The van der Waals surface area contributed by atoms with Crippen LogP contribution in [0, 0.1) is 15.9 Å². The second-order valence-corrected chi connectivity index (χ2v) is 3.86. The molecule has 2 aromatic carbocycles. The molecular formula is C13H9FN2O3. The van der Waals surface area contributed by atoms with E-state index in [0.29, 0.717) is 5.56 Å².